The lowest BCUT2D eigenvalue weighted by Crippen LogP contribution is -2.08. The lowest BCUT2D eigenvalue weighted by atomic mass is 10.1. The summed E-state index contributed by atoms with van der Waals surface area (Å²) in [4.78, 5) is 7.88. The Labute approximate surface area is 100 Å². The van der Waals surface area contributed by atoms with Crippen LogP contribution in [-0.4, -0.2) is 32.8 Å². The molecule has 3 rings (SSSR count). The fourth-order valence-electron chi connectivity index (χ4n) is 2.25. The third-order valence-corrected chi connectivity index (χ3v) is 3.31. The largest absolute Gasteiger partial charge is 0.342 e. The number of aryl methyl sites for hydroxylation is 1. The van der Waals surface area contributed by atoms with E-state index in [0.717, 1.165) is 36.7 Å². The number of nitrogens with zero attached hydrogens (tertiary/aromatic N) is 3. The lowest BCUT2D eigenvalue weighted by Gasteiger charge is -2.02. The molecule has 0 spiro atoms. The van der Waals surface area contributed by atoms with Gasteiger partial charge < -0.3 is 10.3 Å². The second-order valence-electron chi connectivity index (χ2n) is 4.46. The van der Waals surface area contributed by atoms with Gasteiger partial charge in [0, 0.05) is 30.8 Å². The molecular formula is C12H17N5. The van der Waals surface area contributed by atoms with Crippen LogP contribution in [0.3, 0.4) is 0 Å². The molecule has 3 heterocycles. The van der Waals surface area contributed by atoms with Gasteiger partial charge in [-0.1, -0.05) is 0 Å². The van der Waals surface area contributed by atoms with Gasteiger partial charge in [0.15, 0.2) is 0 Å². The maximum atomic E-state index is 4.48. The summed E-state index contributed by atoms with van der Waals surface area (Å²) in [5, 5.41) is 7.63. The molecule has 1 aliphatic heterocycles. The van der Waals surface area contributed by atoms with E-state index in [4.69, 9.17) is 0 Å². The van der Waals surface area contributed by atoms with Crippen LogP contribution >= 0.6 is 0 Å². The van der Waals surface area contributed by atoms with E-state index in [1.807, 2.05) is 23.3 Å². The highest BCUT2D eigenvalue weighted by atomic mass is 15.3. The Hall–Kier alpha value is -1.62. The molecule has 90 valence electrons. The normalized spacial score (nSPS) is 19.9. The van der Waals surface area contributed by atoms with Crippen molar-refractivity contribution in [3.05, 3.63) is 24.4 Å². The summed E-state index contributed by atoms with van der Waals surface area (Å²) in [5.41, 5.74) is 2.17. The third-order valence-electron chi connectivity index (χ3n) is 3.31. The molecule has 1 fully saturated rings. The van der Waals surface area contributed by atoms with E-state index in [2.05, 4.69) is 27.3 Å². The van der Waals surface area contributed by atoms with Crippen molar-refractivity contribution in [2.45, 2.75) is 25.8 Å². The van der Waals surface area contributed by atoms with Crippen molar-refractivity contribution in [3.8, 4) is 11.3 Å². The van der Waals surface area contributed by atoms with Gasteiger partial charge in [0.1, 0.15) is 5.82 Å². The van der Waals surface area contributed by atoms with E-state index in [0.29, 0.717) is 5.92 Å². The maximum Gasteiger partial charge on any atom is 0.110 e. The van der Waals surface area contributed by atoms with Crippen LogP contribution in [0.1, 0.15) is 25.1 Å². The van der Waals surface area contributed by atoms with Crippen molar-refractivity contribution in [2.24, 2.45) is 0 Å². The molecule has 0 bridgehead atoms. The number of rotatable bonds is 3. The molecule has 1 atom stereocenters. The summed E-state index contributed by atoms with van der Waals surface area (Å²) in [6, 6.07) is 0. The average Bonchev–Trinajstić information content (AvgIpc) is 3.09. The number of H-pyrrole nitrogens is 1. The molecule has 5 nitrogen and oxygen atoms in total. The van der Waals surface area contributed by atoms with Crippen LogP contribution in [0.15, 0.2) is 18.6 Å². The number of hydrogen-bond donors (Lipinski definition) is 2. The second kappa shape index (κ2) is 4.33. The first-order valence-corrected chi connectivity index (χ1v) is 6.15. The SMILES string of the molecule is CCn1cc(-c2cnc(C3CCNC3)[nH]2)cn1. The lowest BCUT2D eigenvalue weighted by molar-refractivity contribution is 0.660. The summed E-state index contributed by atoms with van der Waals surface area (Å²) >= 11 is 0. The molecule has 2 N–H and O–H groups in total. The first kappa shape index (κ1) is 10.5. The molecule has 0 aromatic carbocycles. The third kappa shape index (κ3) is 1.98. The molecule has 2 aromatic heterocycles. The molecule has 1 aliphatic rings. The Morgan fingerprint density at radius 2 is 2.41 bits per heavy atom. The van der Waals surface area contributed by atoms with Gasteiger partial charge in [-0.2, -0.15) is 5.10 Å². The Morgan fingerprint density at radius 1 is 1.47 bits per heavy atom. The predicted molar refractivity (Wildman–Crippen MR) is 65.7 cm³/mol. The molecule has 0 aliphatic carbocycles. The van der Waals surface area contributed by atoms with Gasteiger partial charge in [-0.3, -0.25) is 4.68 Å². The van der Waals surface area contributed by atoms with Crippen LogP contribution < -0.4 is 5.32 Å². The van der Waals surface area contributed by atoms with Crippen LogP contribution in [0.25, 0.3) is 11.3 Å². The molecule has 1 saturated heterocycles. The Kier molecular flexibility index (Phi) is 2.68. The summed E-state index contributed by atoms with van der Waals surface area (Å²) in [7, 11) is 0. The fraction of sp³-hybridized carbons (Fsp3) is 0.500. The standard InChI is InChI=1S/C12H17N5/c1-2-17-8-10(6-15-17)11-7-14-12(16-11)9-3-4-13-5-9/h6-9,13H,2-5H2,1H3,(H,14,16). The van der Waals surface area contributed by atoms with Gasteiger partial charge in [-0.25, -0.2) is 4.98 Å². The second-order valence-corrected chi connectivity index (χ2v) is 4.46. The topological polar surface area (TPSA) is 58.5 Å². The Morgan fingerprint density at radius 3 is 3.12 bits per heavy atom. The van der Waals surface area contributed by atoms with Crippen molar-refractivity contribution < 1.29 is 0 Å². The molecule has 5 heteroatoms. The van der Waals surface area contributed by atoms with Gasteiger partial charge >= 0.3 is 0 Å². The van der Waals surface area contributed by atoms with Crippen molar-refractivity contribution in [3.63, 3.8) is 0 Å². The van der Waals surface area contributed by atoms with E-state index in [1.54, 1.807) is 0 Å². The maximum absolute atomic E-state index is 4.48. The smallest absolute Gasteiger partial charge is 0.110 e. The summed E-state index contributed by atoms with van der Waals surface area (Å²) in [6.45, 7) is 5.10. The first-order valence-electron chi connectivity index (χ1n) is 6.15. The first-order chi connectivity index (χ1) is 8.36. The van der Waals surface area contributed by atoms with Crippen LogP contribution in [0.4, 0.5) is 0 Å². The molecule has 0 radical (unpaired) electrons. The van der Waals surface area contributed by atoms with E-state index < -0.39 is 0 Å². The fourth-order valence-corrected chi connectivity index (χ4v) is 2.25. The molecule has 17 heavy (non-hydrogen) atoms. The van der Waals surface area contributed by atoms with Crippen molar-refractivity contribution in [2.75, 3.05) is 13.1 Å². The van der Waals surface area contributed by atoms with Gasteiger partial charge in [0.2, 0.25) is 0 Å². The molecule has 0 amide bonds. The Bertz CT molecular complexity index is 492. The van der Waals surface area contributed by atoms with E-state index >= 15 is 0 Å². The van der Waals surface area contributed by atoms with Crippen LogP contribution in [0.2, 0.25) is 0 Å². The minimum atomic E-state index is 0.532. The zero-order valence-corrected chi connectivity index (χ0v) is 9.98. The minimum Gasteiger partial charge on any atom is -0.342 e. The number of aromatic amines is 1. The quantitative estimate of drug-likeness (QED) is 0.838. The molecule has 2 aromatic rings. The zero-order chi connectivity index (χ0) is 11.7. The number of nitrogens with one attached hydrogen (secondary N) is 2. The number of imidazole rings is 1. The van der Waals surface area contributed by atoms with E-state index in [9.17, 15) is 0 Å². The van der Waals surface area contributed by atoms with Gasteiger partial charge in [-0.15, -0.1) is 0 Å². The molecule has 0 saturated carbocycles. The number of hydrogen-bond acceptors (Lipinski definition) is 3. The van der Waals surface area contributed by atoms with Crippen molar-refractivity contribution in [1.82, 2.24) is 25.1 Å². The average molecular weight is 231 g/mol. The number of aromatic nitrogens is 4. The summed E-state index contributed by atoms with van der Waals surface area (Å²) in [6.07, 6.45) is 7.00. The van der Waals surface area contributed by atoms with E-state index in [-0.39, 0.29) is 0 Å². The van der Waals surface area contributed by atoms with Gasteiger partial charge in [0.25, 0.3) is 0 Å². The predicted octanol–water partition coefficient (Wildman–Crippen LogP) is 1.37. The van der Waals surface area contributed by atoms with E-state index in [1.165, 1.54) is 6.42 Å². The highest BCUT2D eigenvalue weighted by molar-refractivity contribution is 5.56. The minimum absolute atomic E-state index is 0.532. The highest BCUT2D eigenvalue weighted by Crippen LogP contribution is 2.23. The van der Waals surface area contributed by atoms with Crippen molar-refractivity contribution >= 4 is 0 Å². The summed E-state index contributed by atoms with van der Waals surface area (Å²) in [5.74, 6) is 1.62. The zero-order valence-electron chi connectivity index (χ0n) is 9.98. The van der Waals surface area contributed by atoms with Gasteiger partial charge in [-0.05, 0) is 19.9 Å². The van der Waals surface area contributed by atoms with Crippen LogP contribution in [0, 0.1) is 0 Å². The molecular weight excluding hydrogens is 214 g/mol. The highest BCUT2D eigenvalue weighted by Gasteiger charge is 2.19. The summed E-state index contributed by atoms with van der Waals surface area (Å²) < 4.78 is 1.92. The monoisotopic (exact) mass is 231 g/mol. The van der Waals surface area contributed by atoms with Crippen molar-refractivity contribution in [1.29, 1.82) is 0 Å². The van der Waals surface area contributed by atoms with Crippen LogP contribution in [-0.2, 0) is 6.54 Å². The molecule has 1 unspecified atom stereocenters. The Balaban J connectivity index is 1.83. The van der Waals surface area contributed by atoms with Crippen LogP contribution in [0.5, 0.6) is 0 Å². The van der Waals surface area contributed by atoms with Gasteiger partial charge in [0.05, 0.1) is 18.1 Å².